The number of halogens is 3. The number of carbonyl (C=O) groups is 1. The smallest absolute Gasteiger partial charge is 0.287 e. The van der Waals surface area contributed by atoms with Gasteiger partial charge in [0, 0.05) is 20.4 Å². The first kappa shape index (κ1) is 21.3. The second-order valence-corrected chi connectivity index (χ2v) is 8.44. The molecular weight excluding hydrogens is 467 g/mol. The van der Waals surface area contributed by atoms with Gasteiger partial charge >= 0.3 is 12.1 Å². The van der Waals surface area contributed by atoms with Crippen molar-refractivity contribution in [1.29, 1.82) is 0 Å². The Morgan fingerprint density at radius 3 is 1.22 bits per heavy atom. The quantitative estimate of drug-likeness (QED) is 0.416. The summed E-state index contributed by atoms with van der Waals surface area (Å²) < 4.78 is 44.5. The third kappa shape index (κ3) is 4.47. The van der Waals surface area contributed by atoms with E-state index in [9.17, 15) is 18.0 Å². The number of alkyl halides is 3. The van der Waals surface area contributed by atoms with E-state index >= 15 is 0 Å². The molecular formula is C20H15F3O2PPd+. The van der Waals surface area contributed by atoms with Crippen molar-refractivity contribution in [2.45, 2.75) is 6.18 Å². The van der Waals surface area contributed by atoms with Crippen LogP contribution in [0.4, 0.5) is 13.2 Å². The standard InChI is InChI=1S/C20H15F3O2P.Pd/c21-20(22,23)19(24)25-26(16-10-4-1-5-11-16,17-12-6-2-7-13-17)18-14-8-3-9-15-18;/h1-15H;/q+1;. The number of benzene rings is 3. The predicted molar refractivity (Wildman–Crippen MR) is 97.3 cm³/mol. The van der Waals surface area contributed by atoms with E-state index in [-0.39, 0.29) is 20.4 Å². The van der Waals surface area contributed by atoms with Gasteiger partial charge in [-0.2, -0.15) is 13.2 Å². The molecule has 3 aromatic carbocycles. The number of carbonyl (C=O) groups excluding carboxylic acids is 1. The number of hydrogen-bond donors (Lipinski definition) is 0. The average Bonchev–Trinajstić information content (AvgIpc) is 2.67. The van der Waals surface area contributed by atoms with Gasteiger partial charge in [0.25, 0.3) is 7.49 Å². The molecule has 0 N–H and O–H groups in total. The maximum Gasteiger partial charge on any atom is 0.495 e. The van der Waals surface area contributed by atoms with Crippen molar-refractivity contribution < 1.29 is 42.9 Å². The van der Waals surface area contributed by atoms with Gasteiger partial charge in [-0.15, -0.1) is 0 Å². The zero-order valence-electron chi connectivity index (χ0n) is 13.9. The van der Waals surface area contributed by atoms with Crippen LogP contribution >= 0.6 is 7.49 Å². The molecule has 0 unspecified atom stereocenters. The molecule has 0 amide bonds. The summed E-state index contributed by atoms with van der Waals surface area (Å²) in [6, 6.07) is 25.8. The maximum absolute atomic E-state index is 13.1. The summed E-state index contributed by atoms with van der Waals surface area (Å²) in [5.74, 6) is -2.19. The summed E-state index contributed by atoms with van der Waals surface area (Å²) in [6.45, 7) is 0. The van der Waals surface area contributed by atoms with Crippen LogP contribution in [0, 0.1) is 0 Å². The molecule has 0 heterocycles. The minimum atomic E-state index is -5.08. The first-order chi connectivity index (χ1) is 12.4. The molecule has 0 fully saturated rings. The van der Waals surface area contributed by atoms with E-state index in [1.54, 1.807) is 91.0 Å². The Labute approximate surface area is 169 Å². The van der Waals surface area contributed by atoms with E-state index in [4.69, 9.17) is 4.52 Å². The van der Waals surface area contributed by atoms with Gasteiger partial charge in [-0.3, -0.25) is 4.52 Å². The summed E-state index contributed by atoms with van der Waals surface area (Å²) in [5, 5.41) is 1.61. The second-order valence-electron chi connectivity index (χ2n) is 5.49. The molecule has 3 rings (SSSR count). The molecule has 142 valence electrons. The zero-order valence-corrected chi connectivity index (χ0v) is 16.3. The van der Waals surface area contributed by atoms with Gasteiger partial charge in [0.15, 0.2) is 0 Å². The Balaban J connectivity index is 0.00000261. The van der Waals surface area contributed by atoms with Gasteiger partial charge in [-0.1, -0.05) is 54.6 Å². The van der Waals surface area contributed by atoms with Gasteiger partial charge in [0.1, 0.15) is 15.9 Å². The Bertz CT molecular complexity index is 775. The fraction of sp³-hybridized carbons (Fsp3) is 0.0500. The van der Waals surface area contributed by atoms with Crippen LogP contribution in [0.25, 0.3) is 0 Å². The van der Waals surface area contributed by atoms with Crippen molar-refractivity contribution in [1.82, 2.24) is 0 Å². The van der Waals surface area contributed by atoms with Crippen LogP contribution in [-0.2, 0) is 29.7 Å². The molecule has 0 saturated heterocycles. The summed E-state index contributed by atoms with van der Waals surface area (Å²) in [7, 11) is -3.28. The summed E-state index contributed by atoms with van der Waals surface area (Å²) in [4.78, 5) is 11.9. The average molecular weight is 482 g/mol. The molecule has 0 bridgehead atoms. The van der Waals surface area contributed by atoms with Crippen LogP contribution < -0.4 is 15.9 Å². The molecule has 0 aromatic heterocycles. The Hall–Kier alpha value is -1.99. The van der Waals surface area contributed by atoms with E-state index < -0.39 is 19.6 Å². The molecule has 7 heteroatoms. The van der Waals surface area contributed by atoms with Crippen molar-refractivity contribution in [3.63, 3.8) is 0 Å². The van der Waals surface area contributed by atoms with Crippen LogP contribution in [0.15, 0.2) is 91.0 Å². The summed E-state index contributed by atoms with van der Waals surface area (Å²) >= 11 is 0. The molecule has 0 radical (unpaired) electrons. The van der Waals surface area contributed by atoms with Crippen molar-refractivity contribution >= 4 is 29.4 Å². The number of hydrogen-bond acceptors (Lipinski definition) is 2. The maximum atomic E-state index is 13.1. The fourth-order valence-corrected chi connectivity index (χ4v) is 6.03. The largest absolute Gasteiger partial charge is 0.495 e. The van der Waals surface area contributed by atoms with Crippen LogP contribution in [0.3, 0.4) is 0 Å². The molecule has 0 atom stereocenters. The SMILES string of the molecule is O=C(O[P+](c1ccccc1)(c1ccccc1)c1ccccc1)C(F)(F)F.[Pd]. The van der Waals surface area contributed by atoms with Crippen molar-refractivity contribution in [2.75, 3.05) is 0 Å². The Kier molecular flexibility index (Phi) is 6.95. The van der Waals surface area contributed by atoms with E-state index in [0.717, 1.165) is 0 Å². The Morgan fingerprint density at radius 1 is 0.667 bits per heavy atom. The van der Waals surface area contributed by atoms with Crippen LogP contribution in [0.1, 0.15) is 0 Å². The monoisotopic (exact) mass is 481 g/mol. The minimum Gasteiger partial charge on any atom is -0.287 e. The third-order valence-electron chi connectivity index (χ3n) is 3.81. The van der Waals surface area contributed by atoms with Crippen molar-refractivity contribution in [3.8, 4) is 0 Å². The first-order valence-electron chi connectivity index (χ1n) is 7.81. The molecule has 0 aliphatic carbocycles. The summed E-state index contributed by atoms with van der Waals surface area (Å²) in [6.07, 6.45) is -5.08. The topological polar surface area (TPSA) is 26.3 Å². The Morgan fingerprint density at radius 2 is 0.963 bits per heavy atom. The van der Waals surface area contributed by atoms with E-state index in [2.05, 4.69) is 0 Å². The molecule has 0 aliphatic heterocycles. The zero-order chi connectivity index (χ0) is 18.6. The van der Waals surface area contributed by atoms with Gasteiger partial charge in [-0.05, 0) is 36.4 Å². The van der Waals surface area contributed by atoms with E-state index in [1.807, 2.05) is 0 Å². The third-order valence-corrected chi connectivity index (χ3v) is 7.33. The predicted octanol–water partition coefficient (Wildman–Crippen LogP) is 4.00. The molecule has 0 spiro atoms. The minimum absolute atomic E-state index is 0. The normalized spacial score (nSPS) is 11.4. The second kappa shape index (κ2) is 8.80. The van der Waals surface area contributed by atoms with Crippen LogP contribution in [0.2, 0.25) is 0 Å². The van der Waals surface area contributed by atoms with Crippen LogP contribution in [-0.4, -0.2) is 12.1 Å². The molecule has 0 saturated carbocycles. The molecule has 3 aromatic rings. The molecule has 2 nitrogen and oxygen atoms in total. The van der Waals surface area contributed by atoms with Crippen LogP contribution in [0.5, 0.6) is 0 Å². The van der Waals surface area contributed by atoms with Gasteiger partial charge in [-0.25, -0.2) is 4.79 Å². The van der Waals surface area contributed by atoms with E-state index in [0.29, 0.717) is 15.9 Å². The first-order valence-corrected chi connectivity index (χ1v) is 9.52. The van der Waals surface area contributed by atoms with E-state index in [1.165, 1.54) is 0 Å². The molecule has 27 heavy (non-hydrogen) atoms. The molecule has 0 aliphatic rings. The fourth-order valence-electron chi connectivity index (χ4n) is 2.70. The summed E-state index contributed by atoms with van der Waals surface area (Å²) in [5.41, 5.74) is 0. The number of rotatable bonds is 4. The van der Waals surface area contributed by atoms with Gasteiger partial charge in [0.05, 0.1) is 0 Å². The van der Waals surface area contributed by atoms with Crippen molar-refractivity contribution in [3.05, 3.63) is 91.0 Å². The van der Waals surface area contributed by atoms with Gasteiger partial charge in [0.2, 0.25) is 0 Å². The van der Waals surface area contributed by atoms with Gasteiger partial charge < -0.3 is 0 Å². The van der Waals surface area contributed by atoms with Crippen molar-refractivity contribution in [2.24, 2.45) is 0 Å².